The minimum absolute atomic E-state index is 0.151. The molecule has 2 N–H and O–H groups in total. The molecule has 0 radical (unpaired) electrons. The summed E-state index contributed by atoms with van der Waals surface area (Å²) in [6.45, 7) is 4.59. The van der Waals surface area contributed by atoms with Crippen molar-refractivity contribution < 1.29 is 9.57 Å². The van der Waals surface area contributed by atoms with Gasteiger partial charge in [0.1, 0.15) is 5.75 Å². The predicted octanol–water partition coefficient (Wildman–Crippen LogP) is 2.63. The van der Waals surface area contributed by atoms with Crippen molar-refractivity contribution in [3.8, 4) is 5.75 Å². The lowest BCUT2D eigenvalue weighted by Crippen LogP contribution is -2.26. The first-order valence-corrected chi connectivity index (χ1v) is 5.46. The Labute approximate surface area is 98.6 Å². The van der Waals surface area contributed by atoms with E-state index in [0.29, 0.717) is 6.61 Å². The monoisotopic (exact) mass is 273 g/mol. The van der Waals surface area contributed by atoms with Crippen LogP contribution in [-0.4, -0.2) is 13.7 Å². The standard InChI is InChI=1S/C11H16BrNO2/c1-11(2,7-15-13)9-6-8(14-3)4-5-10(9)12/h4-6H,7,13H2,1-3H3. The van der Waals surface area contributed by atoms with Crippen LogP contribution in [0.2, 0.25) is 0 Å². The summed E-state index contributed by atoms with van der Waals surface area (Å²) in [4.78, 5) is 4.73. The molecule has 84 valence electrons. The summed E-state index contributed by atoms with van der Waals surface area (Å²) in [5.74, 6) is 5.96. The van der Waals surface area contributed by atoms with Crippen molar-refractivity contribution >= 4 is 15.9 Å². The molecule has 0 aromatic heterocycles. The first-order chi connectivity index (χ1) is 7.01. The summed E-state index contributed by atoms with van der Waals surface area (Å²) in [6, 6.07) is 5.86. The van der Waals surface area contributed by atoms with Crippen LogP contribution >= 0.6 is 15.9 Å². The lowest BCUT2D eigenvalue weighted by atomic mass is 9.85. The van der Waals surface area contributed by atoms with Crippen molar-refractivity contribution in [3.63, 3.8) is 0 Å². The van der Waals surface area contributed by atoms with Gasteiger partial charge in [-0.05, 0) is 23.8 Å². The topological polar surface area (TPSA) is 44.5 Å². The van der Waals surface area contributed by atoms with Crippen molar-refractivity contribution in [2.45, 2.75) is 19.3 Å². The minimum atomic E-state index is -0.151. The van der Waals surface area contributed by atoms with Gasteiger partial charge < -0.3 is 9.57 Å². The van der Waals surface area contributed by atoms with Gasteiger partial charge >= 0.3 is 0 Å². The number of rotatable bonds is 4. The highest BCUT2D eigenvalue weighted by atomic mass is 79.9. The average Bonchev–Trinajstić information content (AvgIpc) is 2.18. The number of methoxy groups -OCH3 is 1. The van der Waals surface area contributed by atoms with Gasteiger partial charge in [0.25, 0.3) is 0 Å². The van der Waals surface area contributed by atoms with E-state index >= 15 is 0 Å². The van der Waals surface area contributed by atoms with E-state index in [2.05, 4.69) is 29.8 Å². The summed E-state index contributed by atoms with van der Waals surface area (Å²) < 4.78 is 6.22. The summed E-state index contributed by atoms with van der Waals surface area (Å²) >= 11 is 3.51. The molecule has 0 saturated carbocycles. The molecule has 3 nitrogen and oxygen atoms in total. The summed E-state index contributed by atoms with van der Waals surface area (Å²) in [6.07, 6.45) is 0. The van der Waals surface area contributed by atoms with Gasteiger partial charge in [0.05, 0.1) is 13.7 Å². The number of halogens is 1. The highest BCUT2D eigenvalue weighted by Gasteiger charge is 2.23. The Morgan fingerprint density at radius 2 is 2.07 bits per heavy atom. The van der Waals surface area contributed by atoms with Crippen LogP contribution in [0, 0.1) is 0 Å². The van der Waals surface area contributed by atoms with Crippen molar-refractivity contribution in [2.75, 3.05) is 13.7 Å². The van der Waals surface area contributed by atoms with Gasteiger partial charge in [-0.2, -0.15) is 0 Å². The Morgan fingerprint density at radius 1 is 1.40 bits per heavy atom. The molecule has 0 fully saturated rings. The Bertz CT molecular complexity index is 339. The lowest BCUT2D eigenvalue weighted by molar-refractivity contribution is 0.0961. The van der Waals surface area contributed by atoms with E-state index in [1.54, 1.807) is 7.11 Å². The zero-order valence-electron chi connectivity index (χ0n) is 9.21. The number of nitrogens with two attached hydrogens (primary N) is 1. The molecule has 0 bridgehead atoms. The normalized spacial score (nSPS) is 11.5. The van der Waals surface area contributed by atoms with E-state index in [0.717, 1.165) is 15.8 Å². The van der Waals surface area contributed by atoms with E-state index < -0.39 is 0 Å². The van der Waals surface area contributed by atoms with Crippen molar-refractivity contribution in [3.05, 3.63) is 28.2 Å². The van der Waals surface area contributed by atoms with Crippen LogP contribution in [0.15, 0.2) is 22.7 Å². The van der Waals surface area contributed by atoms with E-state index in [4.69, 9.17) is 15.5 Å². The second-order valence-corrected chi connectivity index (χ2v) is 4.90. The van der Waals surface area contributed by atoms with Crippen LogP contribution in [0.1, 0.15) is 19.4 Å². The maximum Gasteiger partial charge on any atom is 0.119 e. The maximum absolute atomic E-state index is 5.19. The highest BCUT2D eigenvalue weighted by molar-refractivity contribution is 9.10. The van der Waals surface area contributed by atoms with Gasteiger partial charge in [0, 0.05) is 9.89 Å². The van der Waals surface area contributed by atoms with E-state index in [1.165, 1.54) is 0 Å². The van der Waals surface area contributed by atoms with Crippen LogP contribution < -0.4 is 10.6 Å². The molecule has 0 aliphatic rings. The van der Waals surface area contributed by atoms with Gasteiger partial charge in [-0.1, -0.05) is 29.8 Å². The number of hydrogen-bond acceptors (Lipinski definition) is 3. The first-order valence-electron chi connectivity index (χ1n) is 4.67. The third-order valence-electron chi connectivity index (χ3n) is 2.35. The van der Waals surface area contributed by atoms with E-state index in [-0.39, 0.29) is 5.41 Å². The second kappa shape index (κ2) is 4.96. The molecule has 0 aliphatic heterocycles. The SMILES string of the molecule is COc1ccc(Br)c(C(C)(C)CON)c1. The fraction of sp³-hybridized carbons (Fsp3) is 0.455. The zero-order valence-corrected chi connectivity index (χ0v) is 10.8. The van der Waals surface area contributed by atoms with Crippen molar-refractivity contribution in [1.82, 2.24) is 0 Å². The number of benzene rings is 1. The zero-order chi connectivity index (χ0) is 11.5. The van der Waals surface area contributed by atoms with Gasteiger partial charge in [0.2, 0.25) is 0 Å². The fourth-order valence-corrected chi connectivity index (χ4v) is 2.22. The molecule has 1 aromatic carbocycles. The van der Waals surface area contributed by atoms with Gasteiger partial charge in [-0.15, -0.1) is 0 Å². The van der Waals surface area contributed by atoms with Crippen molar-refractivity contribution in [1.29, 1.82) is 0 Å². The van der Waals surface area contributed by atoms with E-state index in [9.17, 15) is 0 Å². The lowest BCUT2D eigenvalue weighted by Gasteiger charge is -2.25. The van der Waals surface area contributed by atoms with Gasteiger partial charge in [0.15, 0.2) is 0 Å². The van der Waals surface area contributed by atoms with Crippen LogP contribution in [0.4, 0.5) is 0 Å². The summed E-state index contributed by atoms with van der Waals surface area (Å²) in [7, 11) is 1.65. The molecular formula is C11H16BrNO2. The second-order valence-electron chi connectivity index (χ2n) is 4.04. The molecule has 4 heteroatoms. The van der Waals surface area contributed by atoms with Gasteiger partial charge in [-0.3, -0.25) is 0 Å². The first kappa shape index (κ1) is 12.5. The minimum Gasteiger partial charge on any atom is -0.497 e. The Kier molecular flexibility index (Phi) is 4.13. The van der Waals surface area contributed by atoms with Gasteiger partial charge in [-0.25, -0.2) is 5.90 Å². The molecule has 1 aromatic rings. The number of hydrogen-bond donors (Lipinski definition) is 1. The van der Waals surface area contributed by atoms with Crippen molar-refractivity contribution in [2.24, 2.45) is 5.90 Å². The molecule has 0 heterocycles. The molecule has 0 unspecified atom stereocenters. The molecule has 1 rings (SSSR count). The molecule has 0 saturated heterocycles. The van der Waals surface area contributed by atoms with Crippen LogP contribution in [0.3, 0.4) is 0 Å². The molecule has 0 amide bonds. The van der Waals surface area contributed by atoms with Crippen LogP contribution in [-0.2, 0) is 10.3 Å². The summed E-state index contributed by atoms with van der Waals surface area (Å²) in [5, 5.41) is 0. The Hall–Kier alpha value is -0.580. The summed E-state index contributed by atoms with van der Waals surface area (Å²) in [5.41, 5.74) is 0.967. The third-order valence-corrected chi connectivity index (χ3v) is 3.04. The quantitative estimate of drug-likeness (QED) is 0.858. The average molecular weight is 274 g/mol. The highest BCUT2D eigenvalue weighted by Crippen LogP contribution is 2.33. The molecule has 0 spiro atoms. The Balaban J connectivity index is 3.11. The third kappa shape index (κ3) is 2.93. The van der Waals surface area contributed by atoms with E-state index in [1.807, 2.05) is 18.2 Å². The van der Waals surface area contributed by atoms with Crippen LogP contribution in [0.5, 0.6) is 5.75 Å². The molecule has 0 aliphatic carbocycles. The molecular weight excluding hydrogens is 258 g/mol. The molecule has 0 atom stereocenters. The fourth-order valence-electron chi connectivity index (χ4n) is 1.44. The van der Waals surface area contributed by atoms with Crippen LogP contribution in [0.25, 0.3) is 0 Å². The maximum atomic E-state index is 5.19. The number of ether oxygens (including phenoxy) is 1. The smallest absolute Gasteiger partial charge is 0.119 e. The predicted molar refractivity (Wildman–Crippen MR) is 63.9 cm³/mol. The molecule has 15 heavy (non-hydrogen) atoms. The largest absolute Gasteiger partial charge is 0.497 e. The Morgan fingerprint density at radius 3 is 2.60 bits per heavy atom.